The number of rotatable bonds is 6. The SMILES string of the molecule is O=C(O)[C@H](CS)NC(c1ccccc1)c1ccccc1. The van der Waals surface area contributed by atoms with E-state index in [0.717, 1.165) is 11.1 Å². The molecule has 0 bridgehead atoms. The normalized spacial score (nSPS) is 12.3. The zero-order valence-electron chi connectivity index (χ0n) is 10.9. The van der Waals surface area contributed by atoms with Crippen LogP contribution in [0.15, 0.2) is 60.7 Å². The van der Waals surface area contributed by atoms with Crippen LogP contribution in [0.1, 0.15) is 17.2 Å². The Labute approximate surface area is 124 Å². The molecule has 2 aromatic rings. The molecule has 0 aromatic heterocycles. The Bertz CT molecular complexity index is 505. The van der Waals surface area contributed by atoms with Crippen LogP contribution in [-0.2, 0) is 4.79 Å². The van der Waals surface area contributed by atoms with Crippen LogP contribution in [0.4, 0.5) is 0 Å². The predicted molar refractivity (Wildman–Crippen MR) is 83.1 cm³/mol. The number of benzene rings is 2. The number of aliphatic carboxylic acids is 1. The Morgan fingerprint density at radius 1 is 1.00 bits per heavy atom. The second-order valence-electron chi connectivity index (χ2n) is 4.49. The molecule has 0 aliphatic rings. The Kier molecular flexibility index (Phi) is 5.21. The van der Waals surface area contributed by atoms with E-state index in [1.807, 2.05) is 60.7 Å². The fourth-order valence-corrected chi connectivity index (χ4v) is 2.34. The summed E-state index contributed by atoms with van der Waals surface area (Å²) < 4.78 is 0. The maximum Gasteiger partial charge on any atom is 0.321 e. The molecule has 0 amide bonds. The Morgan fingerprint density at radius 2 is 1.45 bits per heavy atom. The molecule has 3 nitrogen and oxygen atoms in total. The number of nitrogens with one attached hydrogen (secondary N) is 1. The monoisotopic (exact) mass is 287 g/mol. The molecule has 0 saturated carbocycles. The molecule has 0 aliphatic heterocycles. The highest BCUT2D eigenvalue weighted by Gasteiger charge is 2.22. The molecule has 0 fully saturated rings. The Hall–Kier alpha value is -1.78. The van der Waals surface area contributed by atoms with Gasteiger partial charge in [0.05, 0.1) is 6.04 Å². The molecule has 0 aliphatic carbocycles. The molecule has 2 aromatic carbocycles. The van der Waals surface area contributed by atoms with Crippen molar-refractivity contribution in [3.8, 4) is 0 Å². The van der Waals surface area contributed by atoms with Gasteiger partial charge in [-0.1, -0.05) is 60.7 Å². The van der Waals surface area contributed by atoms with Gasteiger partial charge in [0.2, 0.25) is 0 Å². The standard InChI is InChI=1S/C16H17NO2S/c18-16(19)14(11-20)17-15(12-7-3-1-4-8-12)13-9-5-2-6-10-13/h1-10,14-15,17,20H,11H2,(H,18,19)/t14-/m0/s1. The smallest absolute Gasteiger partial charge is 0.321 e. The molecule has 2 N–H and O–H groups in total. The van der Waals surface area contributed by atoms with E-state index in [9.17, 15) is 9.90 Å². The first kappa shape index (κ1) is 14.6. The first-order valence-electron chi connectivity index (χ1n) is 6.42. The molecule has 1 atom stereocenters. The van der Waals surface area contributed by atoms with E-state index in [1.54, 1.807) is 0 Å². The average Bonchev–Trinajstić information content (AvgIpc) is 2.50. The molecule has 104 valence electrons. The highest BCUT2D eigenvalue weighted by atomic mass is 32.1. The van der Waals surface area contributed by atoms with E-state index in [-0.39, 0.29) is 11.8 Å². The number of carbonyl (C=O) groups is 1. The Balaban J connectivity index is 2.32. The number of carboxylic acids is 1. The van der Waals surface area contributed by atoms with E-state index in [2.05, 4.69) is 17.9 Å². The summed E-state index contributed by atoms with van der Waals surface area (Å²) in [6, 6.07) is 18.8. The fraction of sp³-hybridized carbons (Fsp3) is 0.188. The van der Waals surface area contributed by atoms with E-state index < -0.39 is 12.0 Å². The summed E-state index contributed by atoms with van der Waals surface area (Å²) in [7, 11) is 0. The zero-order valence-corrected chi connectivity index (χ0v) is 11.8. The summed E-state index contributed by atoms with van der Waals surface area (Å²) in [6.07, 6.45) is 0. The molecule has 0 saturated heterocycles. The lowest BCUT2D eigenvalue weighted by molar-refractivity contribution is -0.138. The van der Waals surface area contributed by atoms with Gasteiger partial charge in [0.1, 0.15) is 6.04 Å². The summed E-state index contributed by atoms with van der Waals surface area (Å²) in [5, 5.41) is 12.4. The first-order valence-corrected chi connectivity index (χ1v) is 7.05. The second kappa shape index (κ2) is 7.12. The summed E-state index contributed by atoms with van der Waals surface area (Å²) in [6.45, 7) is 0. The molecular formula is C16H17NO2S. The van der Waals surface area contributed by atoms with Gasteiger partial charge in [0.25, 0.3) is 0 Å². The number of carboxylic acid groups (broad SMARTS) is 1. The summed E-state index contributed by atoms with van der Waals surface area (Å²) in [5.41, 5.74) is 2.07. The van der Waals surface area contributed by atoms with Gasteiger partial charge in [0.15, 0.2) is 0 Å². The minimum atomic E-state index is -0.892. The predicted octanol–water partition coefficient (Wildman–Crippen LogP) is 2.75. The fourth-order valence-electron chi connectivity index (χ4n) is 2.08. The van der Waals surface area contributed by atoms with Crippen LogP contribution in [0.2, 0.25) is 0 Å². The maximum absolute atomic E-state index is 11.2. The molecule has 0 radical (unpaired) electrons. The van der Waals surface area contributed by atoms with Crippen LogP contribution in [0.25, 0.3) is 0 Å². The molecule has 20 heavy (non-hydrogen) atoms. The van der Waals surface area contributed by atoms with Crippen molar-refractivity contribution in [1.82, 2.24) is 5.32 Å². The van der Waals surface area contributed by atoms with Gasteiger partial charge in [-0.05, 0) is 11.1 Å². The van der Waals surface area contributed by atoms with Crippen molar-refractivity contribution < 1.29 is 9.90 Å². The third kappa shape index (κ3) is 3.62. The highest BCUT2D eigenvalue weighted by Crippen LogP contribution is 2.22. The quantitative estimate of drug-likeness (QED) is 0.716. The van der Waals surface area contributed by atoms with Crippen LogP contribution >= 0.6 is 12.6 Å². The lowest BCUT2D eigenvalue weighted by Crippen LogP contribution is -2.41. The van der Waals surface area contributed by atoms with Crippen molar-refractivity contribution in [1.29, 1.82) is 0 Å². The maximum atomic E-state index is 11.2. The van der Waals surface area contributed by atoms with E-state index >= 15 is 0 Å². The molecule has 0 unspecified atom stereocenters. The third-order valence-corrected chi connectivity index (χ3v) is 3.48. The van der Waals surface area contributed by atoms with Gasteiger partial charge >= 0.3 is 5.97 Å². The van der Waals surface area contributed by atoms with E-state index in [1.165, 1.54) is 0 Å². The zero-order chi connectivity index (χ0) is 14.4. The minimum absolute atomic E-state index is 0.161. The highest BCUT2D eigenvalue weighted by molar-refractivity contribution is 7.80. The summed E-state index contributed by atoms with van der Waals surface area (Å²) >= 11 is 4.11. The van der Waals surface area contributed by atoms with Gasteiger partial charge in [-0.3, -0.25) is 10.1 Å². The van der Waals surface area contributed by atoms with Crippen LogP contribution in [0.3, 0.4) is 0 Å². The van der Waals surface area contributed by atoms with Crippen molar-refractivity contribution in [3.63, 3.8) is 0 Å². The molecule has 0 heterocycles. The molecular weight excluding hydrogens is 270 g/mol. The lowest BCUT2D eigenvalue weighted by atomic mass is 9.98. The van der Waals surface area contributed by atoms with Gasteiger partial charge in [-0.25, -0.2) is 0 Å². The van der Waals surface area contributed by atoms with Gasteiger partial charge in [0, 0.05) is 5.75 Å². The first-order chi connectivity index (χ1) is 9.72. The average molecular weight is 287 g/mol. The van der Waals surface area contributed by atoms with Crippen LogP contribution in [0.5, 0.6) is 0 Å². The van der Waals surface area contributed by atoms with Crippen molar-refractivity contribution in [2.24, 2.45) is 0 Å². The largest absolute Gasteiger partial charge is 0.480 e. The minimum Gasteiger partial charge on any atom is -0.480 e. The topological polar surface area (TPSA) is 49.3 Å². The number of hydrogen-bond donors (Lipinski definition) is 3. The molecule has 4 heteroatoms. The summed E-state index contributed by atoms with van der Waals surface area (Å²) in [5.74, 6) is -0.650. The number of hydrogen-bond acceptors (Lipinski definition) is 3. The second-order valence-corrected chi connectivity index (χ2v) is 4.86. The van der Waals surface area contributed by atoms with Crippen molar-refractivity contribution in [2.75, 3.05) is 5.75 Å². The Morgan fingerprint density at radius 3 is 1.80 bits per heavy atom. The van der Waals surface area contributed by atoms with E-state index in [0.29, 0.717) is 0 Å². The van der Waals surface area contributed by atoms with E-state index in [4.69, 9.17) is 0 Å². The lowest BCUT2D eigenvalue weighted by Gasteiger charge is -2.23. The van der Waals surface area contributed by atoms with Crippen LogP contribution in [-0.4, -0.2) is 22.9 Å². The van der Waals surface area contributed by atoms with Crippen molar-refractivity contribution in [3.05, 3.63) is 71.8 Å². The van der Waals surface area contributed by atoms with Crippen LogP contribution in [0, 0.1) is 0 Å². The number of thiol groups is 1. The van der Waals surface area contributed by atoms with Gasteiger partial charge in [-0.15, -0.1) is 0 Å². The molecule has 2 rings (SSSR count). The van der Waals surface area contributed by atoms with Crippen molar-refractivity contribution >= 4 is 18.6 Å². The van der Waals surface area contributed by atoms with Crippen LogP contribution < -0.4 is 5.32 Å². The summed E-state index contributed by atoms with van der Waals surface area (Å²) in [4.78, 5) is 11.2. The van der Waals surface area contributed by atoms with Crippen molar-refractivity contribution in [2.45, 2.75) is 12.1 Å². The molecule has 0 spiro atoms. The van der Waals surface area contributed by atoms with Gasteiger partial charge in [-0.2, -0.15) is 12.6 Å². The van der Waals surface area contributed by atoms with Gasteiger partial charge < -0.3 is 5.11 Å². The third-order valence-electron chi connectivity index (χ3n) is 3.11.